The van der Waals surface area contributed by atoms with E-state index >= 15 is 0 Å². The van der Waals surface area contributed by atoms with Crippen LogP contribution in [0.1, 0.15) is 23.5 Å². The number of carboxylic acids is 1. The van der Waals surface area contributed by atoms with Gasteiger partial charge in [0.05, 0.1) is 0 Å². The summed E-state index contributed by atoms with van der Waals surface area (Å²) in [5.74, 6) is -2.34. The number of hydrogen-bond acceptors (Lipinski definition) is 10. The fourth-order valence-electron chi connectivity index (χ4n) is 4.04. The number of nitrogens with zero attached hydrogens (tertiary/aromatic N) is 4. The van der Waals surface area contributed by atoms with Crippen molar-refractivity contribution < 1.29 is 29.1 Å². The van der Waals surface area contributed by atoms with Crippen molar-refractivity contribution in [1.29, 1.82) is 0 Å². The molecule has 5 amide bonds. The summed E-state index contributed by atoms with van der Waals surface area (Å²) >= 11 is 4.10. The standard InChI is InChI=1S/C25H26N6O6S3/c1-4-8-16(32)30(3)24(37)27-17(14-9-6-5-7-10-14)20(33)26-18-21(34)31-19(23(35)36)15(11-38-22(18)31)12-39-25-29-28-13(2)40-25/h4-10,17-18,22H,11-12H2,1-3H3,(H,26,33)(H,27,37)(H,35,36)/b8-4+/t17-,18?,22-/m1/s1. The van der Waals surface area contributed by atoms with E-state index in [-0.39, 0.29) is 5.70 Å². The minimum absolute atomic E-state index is 0.0926. The maximum Gasteiger partial charge on any atom is 0.352 e. The quantitative estimate of drug-likeness (QED) is 0.220. The molecule has 0 saturated carbocycles. The summed E-state index contributed by atoms with van der Waals surface area (Å²) < 4.78 is 0.703. The van der Waals surface area contributed by atoms with Gasteiger partial charge in [0.2, 0.25) is 5.91 Å². The number of likely N-dealkylation sites (N-methyl/N-ethyl adjacent to an activating group) is 1. The number of nitrogens with one attached hydrogen (secondary N) is 2. The number of benzene rings is 1. The molecule has 3 N–H and O–H groups in total. The van der Waals surface area contributed by atoms with Crippen LogP contribution in [0.2, 0.25) is 0 Å². The molecule has 4 rings (SSSR count). The van der Waals surface area contributed by atoms with Crippen molar-refractivity contribution in [3.8, 4) is 0 Å². The Morgan fingerprint density at radius 1 is 1.25 bits per heavy atom. The van der Waals surface area contributed by atoms with Crippen LogP contribution in [0.15, 0.2) is 58.1 Å². The number of thioether (sulfide) groups is 2. The van der Waals surface area contributed by atoms with E-state index in [9.17, 15) is 29.1 Å². The molecule has 0 radical (unpaired) electrons. The molecule has 1 saturated heterocycles. The summed E-state index contributed by atoms with van der Waals surface area (Å²) in [6.45, 7) is 3.46. The monoisotopic (exact) mass is 602 g/mol. The zero-order valence-electron chi connectivity index (χ0n) is 21.7. The third-order valence-electron chi connectivity index (χ3n) is 6.03. The lowest BCUT2D eigenvalue weighted by Crippen LogP contribution is -2.71. The van der Waals surface area contributed by atoms with Gasteiger partial charge in [-0.1, -0.05) is 59.5 Å². The van der Waals surface area contributed by atoms with Crippen molar-refractivity contribution >= 4 is 64.6 Å². The summed E-state index contributed by atoms with van der Waals surface area (Å²) in [6.07, 6.45) is 2.71. The SMILES string of the molecule is C/C=C/C(=O)N(C)C(=O)N[C@@H](C(=O)NC1C(=O)N2C(C(=O)O)=C(CSc3nnc(C)s3)CS[C@H]12)c1ccccc1. The second-order valence-corrected chi connectivity index (χ2v) is 12.2. The number of carbonyl (C=O) groups is 5. The van der Waals surface area contributed by atoms with Crippen LogP contribution in [0.4, 0.5) is 4.79 Å². The van der Waals surface area contributed by atoms with E-state index in [1.807, 2.05) is 6.92 Å². The molecule has 2 aliphatic rings. The number of imide groups is 1. The molecular weight excluding hydrogens is 577 g/mol. The number of carboxylic acid groups (broad SMARTS) is 1. The molecule has 40 heavy (non-hydrogen) atoms. The van der Waals surface area contributed by atoms with Gasteiger partial charge in [-0.05, 0) is 31.1 Å². The third-order valence-corrected chi connectivity index (χ3v) is 9.43. The molecule has 0 aliphatic carbocycles. The van der Waals surface area contributed by atoms with Gasteiger partial charge in [0.15, 0.2) is 4.34 Å². The van der Waals surface area contributed by atoms with E-state index in [1.54, 1.807) is 37.3 Å². The number of carbonyl (C=O) groups excluding carboxylic acids is 4. The van der Waals surface area contributed by atoms with E-state index in [2.05, 4.69) is 20.8 Å². The first-order valence-corrected chi connectivity index (χ1v) is 14.9. The van der Waals surface area contributed by atoms with Crippen molar-refractivity contribution in [3.05, 3.63) is 64.3 Å². The Balaban J connectivity index is 1.49. The molecule has 1 aromatic heterocycles. The largest absolute Gasteiger partial charge is 0.477 e. The highest BCUT2D eigenvalue weighted by Gasteiger charge is 2.54. The van der Waals surface area contributed by atoms with Crippen molar-refractivity contribution in [3.63, 3.8) is 0 Å². The molecular formula is C25H26N6O6S3. The minimum atomic E-state index is -1.23. The molecule has 12 nitrogen and oxygen atoms in total. The number of allylic oxidation sites excluding steroid dienone is 1. The lowest BCUT2D eigenvalue weighted by Gasteiger charge is -2.49. The first-order valence-electron chi connectivity index (χ1n) is 12.0. The van der Waals surface area contributed by atoms with Crippen LogP contribution in [0.5, 0.6) is 0 Å². The normalized spacial score (nSPS) is 19.1. The zero-order valence-corrected chi connectivity index (χ0v) is 24.1. The highest BCUT2D eigenvalue weighted by molar-refractivity contribution is 8.01. The second kappa shape index (κ2) is 12.7. The van der Waals surface area contributed by atoms with Crippen LogP contribution in [0.25, 0.3) is 0 Å². The number of aromatic nitrogens is 2. The number of urea groups is 1. The minimum Gasteiger partial charge on any atom is -0.477 e. The Bertz CT molecular complexity index is 1390. The zero-order chi connectivity index (χ0) is 29.0. The van der Waals surface area contributed by atoms with E-state index < -0.39 is 47.2 Å². The van der Waals surface area contributed by atoms with Gasteiger partial charge in [-0.2, -0.15) is 0 Å². The van der Waals surface area contributed by atoms with Crippen LogP contribution in [0.3, 0.4) is 0 Å². The number of amides is 5. The number of aliphatic carboxylic acids is 1. The topological polar surface area (TPSA) is 162 Å². The Morgan fingerprint density at radius 2 is 1.98 bits per heavy atom. The predicted octanol–water partition coefficient (Wildman–Crippen LogP) is 2.16. The van der Waals surface area contributed by atoms with E-state index in [1.165, 1.54) is 59.0 Å². The van der Waals surface area contributed by atoms with E-state index in [0.29, 0.717) is 27.0 Å². The fraction of sp³-hybridized carbons (Fsp3) is 0.320. The molecule has 0 bridgehead atoms. The predicted molar refractivity (Wildman–Crippen MR) is 150 cm³/mol. The van der Waals surface area contributed by atoms with Gasteiger partial charge >= 0.3 is 12.0 Å². The van der Waals surface area contributed by atoms with E-state index in [0.717, 1.165) is 9.91 Å². The molecule has 3 atom stereocenters. The van der Waals surface area contributed by atoms with Crippen molar-refractivity contribution in [2.24, 2.45) is 0 Å². The fourth-order valence-corrected chi connectivity index (χ4v) is 7.34. The summed E-state index contributed by atoms with van der Waals surface area (Å²) in [6, 6.07) is 5.40. The summed E-state index contributed by atoms with van der Waals surface area (Å²) in [7, 11) is 1.28. The maximum absolute atomic E-state index is 13.4. The molecule has 2 aromatic rings. The highest BCUT2D eigenvalue weighted by atomic mass is 32.2. The molecule has 2 aliphatic heterocycles. The molecule has 1 aromatic carbocycles. The average Bonchev–Trinajstić information content (AvgIpc) is 3.37. The van der Waals surface area contributed by atoms with Gasteiger partial charge in [0.1, 0.15) is 28.2 Å². The van der Waals surface area contributed by atoms with Crippen LogP contribution < -0.4 is 10.6 Å². The summed E-state index contributed by atoms with van der Waals surface area (Å²) in [5.41, 5.74) is 0.926. The number of β-lactam (4-membered cyclic amide) rings is 1. The Kier molecular flexibility index (Phi) is 9.27. The molecule has 15 heteroatoms. The van der Waals surface area contributed by atoms with Crippen molar-refractivity contribution in [2.45, 2.75) is 35.6 Å². The summed E-state index contributed by atoms with van der Waals surface area (Å²) in [4.78, 5) is 65.6. The maximum atomic E-state index is 13.4. The van der Waals surface area contributed by atoms with Gasteiger partial charge in [-0.25, -0.2) is 9.59 Å². The van der Waals surface area contributed by atoms with Crippen LogP contribution in [-0.2, 0) is 19.2 Å². The smallest absolute Gasteiger partial charge is 0.352 e. The molecule has 210 valence electrons. The molecule has 3 heterocycles. The molecule has 1 fully saturated rings. The van der Waals surface area contributed by atoms with Gasteiger partial charge in [-0.15, -0.1) is 22.0 Å². The number of rotatable bonds is 9. The van der Waals surface area contributed by atoms with Crippen molar-refractivity contribution in [1.82, 2.24) is 30.6 Å². The highest BCUT2D eigenvalue weighted by Crippen LogP contribution is 2.42. The van der Waals surface area contributed by atoms with Crippen LogP contribution >= 0.6 is 34.9 Å². The first kappa shape index (κ1) is 29.3. The number of hydrogen-bond donors (Lipinski definition) is 3. The second-order valence-electron chi connectivity index (χ2n) is 8.72. The molecule has 0 spiro atoms. The Labute approximate surface area is 242 Å². The summed E-state index contributed by atoms with van der Waals surface area (Å²) in [5, 5.41) is 23.3. The van der Waals surface area contributed by atoms with Gasteiger partial charge in [-0.3, -0.25) is 24.2 Å². The average molecular weight is 603 g/mol. The number of aryl methyl sites for hydroxylation is 1. The Morgan fingerprint density at radius 3 is 2.60 bits per heavy atom. The third kappa shape index (κ3) is 6.21. The van der Waals surface area contributed by atoms with Gasteiger partial charge in [0.25, 0.3) is 11.8 Å². The van der Waals surface area contributed by atoms with Gasteiger partial charge in [0, 0.05) is 18.6 Å². The lowest BCUT2D eigenvalue weighted by atomic mass is 10.0. The molecule has 1 unspecified atom stereocenters. The van der Waals surface area contributed by atoms with Crippen molar-refractivity contribution in [2.75, 3.05) is 18.6 Å². The van der Waals surface area contributed by atoms with Crippen LogP contribution in [0, 0.1) is 6.92 Å². The Hall–Kier alpha value is -3.69. The number of fused-ring (bicyclic) bond motifs is 1. The van der Waals surface area contributed by atoms with Crippen LogP contribution in [-0.4, -0.2) is 84.8 Å². The van der Waals surface area contributed by atoms with Gasteiger partial charge < -0.3 is 15.7 Å². The lowest BCUT2D eigenvalue weighted by molar-refractivity contribution is -0.151. The van der Waals surface area contributed by atoms with E-state index in [4.69, 9.17) is 0 Å². The first-order chi connectivity index (χ1) is 19.1.